The van der Waals surface area contributed by atoms with Crippen molar-refractivity contribution in [1.82, 2.24) is 5.32 Å². The van der Waals surface area contributed by atoms with Crippen LogP contribution in [0.25, 0.3) is 0 Å². The summed E-state index contributed by atoms with van der Waals surface area (Å²) in [5.74, 6) is -0.189. The van der Waals surface area contributed by atoms with Crippen LogP contribution in [-0.2, 0) is 18.4 Å². The fourth-order valence-electron chi connectivity index (χ4n) is 9.40. The van der Waals surface area contributed by atoms with Crippen molar-refractivity contribution in [3.63, 3.8) is 0 Å². The van der Waals surface area contributed by atoms with E-state index < -0.39 is 20.0 Å². The van der Waals surface area contributed by atoms with Crippen LogP contribution in [0.1, 0.15) is 290 Å². The van der Waals surface area contributed by atoms with Crippen molar-refractivity contribution < 1.29 is 32.9 Å². The van der Waals surface area contributed by atoms with Gasteiger partial charge in [-0.15, -0.1) is 0 Å². The monoisotopic (exact) mass is 1120 g/mol. The maximum absolute atomic E-state index is 13.0. The SMILES string of the molecule is CC/C=C\C/C=C\C/C=C\C/C=C\C/C=C\CCCCCCCCCCCCCCCCCCCCCCCC(=O)NC(COP(=O)(O)OCC[N+](C)(C)C)C(O)/C=C/CC/C=C/CC/C=C/CCCCCCCCCCCC. The molecule has 9 heteroatoms. The Hall–Kier alpha value is -2.58. The van der Waals surface area contributed by atoms with Gasteiger partial charge < -0.3 is 19.8 Å². The Morgan fingerprint density at radius 2 is 0.772 bits per heavy atom. The van der Waals surface area contributed by atoms with E-state index in [4.69, 9.17) is 9.05 Å². The number of nitrogens with one attached hydrogen (secondary N) is 1. The zero-order valence-corrected chi connectivity index (χ0v) is 53.2. The fraction of sp³-hybridized carbons (Fsp3) is 0.757. The van der Waals surface area contributed by atoms with E-state index in [1.807, 2.05) is 27.2 Å². The zero-order valence-electron chi connectivity index (χ0n) is 52.3. The van der Waals surface area contributed by atoms with Crippen LogP contribution in [0.2, 0.25) is 0 Å². The minimum Gasteiger partial charge on any atom is -0.387 e. The van der Waals surface area contributed by atoms with Crippen molar-refractivity contribution in [1.29, 1.82) is 0 Å². The maximum Gasteiger partial charge on any atom is 0.472 e. The van der Waals surface area contributed by atoms with Crippen LogP contribution in [0.4, 0.5) is 0 Å². The lowest BCUT2D eigenvalue weighted by molar-refractivity contribution is -0.870. The second kappa shape index (κ2) is 60.0. The Labute approximate surface area is 489 Å². The van der Waals surface area contributed by atoms with Crippen molar-refractivity contribution in [2.75, 3.05) is 40.9 Å². The normalized spacial score (nSPS) is 14.4. The molecule has 458 valence electrons. The Kier molecular flexibility index (Phi) is 58.1. The highest BCUT2D eigenvalue weighted by Gasteiger charge is 2.27. The van der Waals surface area contributed by atoms with E-state index >= 15 is 0 Å². The summed E-state index contributed by atoms with van der Waals surface area (Å²) in [5, 5.41) is 13.9. The van der Waals surface area contributed by atoms with E-state index in [1.54, 1.807) is 6.08 Å². The highest BCUT2D eigenvalue weighted by molar-refractivity contribution is 7.47. The molecule has 0 heterocycles. The molecule has 79 heavy (non-hydrogen) atoms. The smallest absolute Gasteiger partial charge is 0.387 e. The molecule has 0 bridgehead atoms. The molecule has 0 aromatic heterocycles. The van der Waals surface area contributed by atoms with Gasteiger partial charge in [-0.25, -0.2) is 4.57 Å². The van der Waals surface area contributed by atoms with E-state index in [0.717, 1.165) is 77.0 Å². The van der Waals surface area contributed by atoms with Crippen molar-refractivity contribution in [2.24, 2.45) is 0 Å². The van der Waals surface area contributed by atoms with Crippen LogP contribution >= 0.6 is 7.82 Å². The highest BCUT2D eigenvalue weighted by atomic mass is 31.2. The van der Waals surface area contributed by atoms with Crippen LogP contribution in [0.15, 0.2) is 97.2 Å². The maximum atomic E-state index is 13.0. The summed E-state index contributed by atoms with van der Waals surface area (Å²) < 4.78 is 23.7. The summed E-state index contributed by atoms with van der Waals surface area (Å²) in [6.07, 6.45) is 86.9. The second-order valence-electron chi connectivity index (χ2n) is 23.4. The van der Waals surface area contributed by atoms with Gasteiger partial charge in [-0.2, -0.15) is 0 Å². The average Bonchev–Trinajstić information content (AvgIpc) is 3.42. The third kappa shape index (κ3) is 62.9. The molecular formula is C70H128N2O6P+. The molecule has 0 fully saturated rings. The largest absolute Gasteiger partial charge is 0.472 e. The molecule has 1 amide bonds. The first kappa shape index (κ1) is 76.4. The Balaban J connectivity index is 4.06. The number of likely N-dealkylation sites (N-methyl/N-ethyl adjacent to an activating group) is 1. The highest BCUT2D eigenvalue weighted by Crippen LogP contribution is 2.43. The number of unbranched alkanes of at least 4 members (excludes halogenated alkanes) is 33. The molecule has 0 saturated heterocycles. The van der Waals surface area contributed by atoms with Gasteiger partial charge in [0.15, 0.2) is 0 Å². The third-order valence-corrected chi connectivity index (χ3v) is 15.5. The van der Waals surface area contributed by atoms with Gasteiger partial charge in [0.1, 0.15) is 13.2 Å². The Bertz CT molecular complexity index is 1610. The lowest BCUT2D eigenvalue weighted by Gasteiger charge is -2.25. The van der Waals surface area contributed by atoms with E-state index in [9.17, 15) is 19.4 Å². The lowest BCUT2D eigenvalue weighted by Crippen LogP contribution is -2.45. The minimum atomic E-state index is -4.37. The van der Waals surface area contributed by atoms with Gasteiger partial charge in [0.25, 0.3) is 0 Å². The summed E-state index contributed by atoms with van der Waals surface area (Å²) in [6.45, 7) is 4.69. The number of rotatable bonds is 60. The number of carbonyl (C=O) groups excluding carboxylic acids is 1. The number of amides is 1. The number of allylic oxidation sites excluding steroid dienone is 15. The summed E-state index contributed by atoms with van der Waals surface area (Å²) >= 11 is 0. The van der Waals surface area contributed by atoms with Crippen LogP contribution in [-0.4, -0.2) is 73.4 Å². The number of aliphatic hydroxyl groups is 1. The first-order valence-electron chi connectivity index (χ1n) is 33.1. The second-order valence-corrected chi connectivity index (χ2v) is 24.9. The topological polar surface area (TPSA) is 105 Å². The lowest BCUT2D eigenvalue weighted by atomic mass is 10.0. The summed E-state index contributed by atoms with van der Waals surface area (Å²) in [7, 11) is 1.55. The number of aliphatic hydroxyl groups excluding tert-OH is 1. The number of quaternary nitrogens is 1. The first-order valence-corrected chi connectivity index (χ1v) is 34.6. The van der Waals surface area contributed by atoms with Crippen molar-refractivity contribution >= 4 is 13.7 Å². The fourth-order valence-corrected chi connectivity index (χ4v) is 10.1. The Morgan fingerprint density at radius 3 is 1.16 bits per heavy atom. The van der Waals surface area contributed by atoms with Crippen LogP contribution in [0.3, 0.4) is 0 Å². The molecule has 0 rings (SSSR count). The van der Waals surface area contributed by atoms with Crippen molar-refractivity contribution in [3.8, 4) is 0 Å². The van der Waals surface area contributed by atoms with Gasteiger partial charge in [0.05, 0.1) is 39.9 Å². The summed E-state index contributed by atoms with van der Waals surface area (Å²) in [4.78, 5) is 23.4. The van der Waals surface area contributed by atoms with E-state index in [-0.39, 0.29) is 19.1 Å². The van der Waals surface area contributed by atoms with Gasteiger partial charge >= 0.3 is 7.82 Å². The molecule has 0 saturated carbocycles. The number of phosphoric ester groups is 1. The number of phosphoric acid groups is 1. The van der Waals surface area contributed by atoms with Gasteiger partial charge in [0, 0.05) is 6.42 Å². The molecule has 3 N–H and O–H groups in total. The van der Waals surface area contributed by atoms with E-state index in [0.29, 0.717) is 17.4 Å². The zero-order chi connectivity index (χ0) is 57.7. The van der Waals surface area contributed by atoms with Crippen molar-refractivity contribution in [3.05, 3.63) is 97.2 Å². The molecule has 0 radical (unpaired) electrons. The molecule has 0 spiro atoms. The Morgan fingerprint density at radius 1 is 0.443 bits per heavy atom. The van der Waals surface area contributed by atoms with Crippen LogP contribution < -0.4 is 5.32 Å². The number of hydrogen-bond acceptors (Lipinski definition) is 5. The molecule has 0 aliphatic rings. The number of hydrogen-bond donors (Lipinski definition) is 3. The van der Waals surface area contributed by atoms with E-state index in [1.165, 1.54) is 193 Å². The van der Waals surface area contributed by atoms with Gasteiger partial charge in [-0.3, -0.25) is 13.8 Å². The van der Waals surface area contributed by atoms with Gasteiger partial charge in [-0.1, -0.05) is 291 Å². The molecule has 0 aromatic rings. The minimum absolute atomic E-state index is 0.0518. The van der Waals surface area contributed by atoms with Crippen molar-refractivity contribution in [2.45, 2.75) is 302 Å². The number of nitrogens with zero attached hydrogens (tertiary/aromatic N) is 1. The molecule has 3 atom stereocenters. The molecule has 3 unspecified atom stereocenters. The standard InChI is InChI=1S/C70H127N2O6P/c1-6-8-10-12-14-16-18-20-22-24-26-28-29-30-31-32-33-34-35-36-37-38-39-40-41-42-43-44-46-48-50-52-54-56-58-60-62-64-70(74)71-68(67-78-79(75,76)77-66-65-72(3,4)5)69(73)63-61-59-57-55-53-51-49-47-45-27-25-23-21-19-17-15-13-11-9-7-2/h8,10,14,16,20,22,26,28,30-31,45,47,53,55,61,63,68-69,73H,6-7,9,11-13,15,17-19,21,23-25,27,29,32-44,46,48-52,54,56-60,62,64-67H2,1-5H3,(H-,71,74,75,76)/p+1/b10-8-,16-14-,22-20-,28-26-,31-30-,47-45+,55-53+,63-61+. The quantitative estimate of drug-likeness (QED) is 0.0243. The molecular weight excluding hydrogens is 996 g/mol. The molecule has 0 aliphatic heterocycles. The predicted octanol–water partition coefficient (Wildman–Crippen LogP) is 20.9. The average molecular weight is 1120 g/mol. The summed E-state index contributed by atoms with van der Waals surface area (Å²) in [5.41, 5.74) is 0. The molecule has 8 nitrogen and oxygen atoms in total. The molecule has 0 aromatic carbocycles. The van der Waals surface area contributed by atoms with Gasteiger partial charge in [-0.05, 0) is 89.9 Å². The summed E-state index contributed by atoms with van der Waals surface area (Å²) in [6, 6.07) is -0.873. The van der Waals surface area contributed by atoms with Gasteiger partial charge in [0.2, 0.25) is 5.91 Å². The van der Waals surface area contributed by atoms with Crippen LogP contribution in [0, 0.1) is 0 Å². The third-order valence-electron chi connectivity index (χ3n) is 14.5. The first-order chi connectivity index (χ1) is 38.5. The number of carbonyl (C=O) groups is 1. The molecule has 0 aliphatic carbocycles. The van der Waals surface area contributed by atoms with E-state index in [2.05, 4.69) is 104 Å². The predicted molar refractivity (Wildman–Crippen MR) is 346 cm³/mol. The van der Waals surface area contributed by atoms with Crippen LogP contribution in [0.5, 0.6) is 0 Å².